The van der Waals surface area contributed by atoms with Crippen molar-refractivity contribution in [2.75, 3.05) is 39.4 Å². The molecule has 1 atom stereocenters. The Morgan fingerprint density at radius 3 is 3.12 bits per heavy atom. The molecule has 1 unspecified atom stereocenters. The molecule has 2 aliphatic heterocycles. The zero-order chi connectivity index (χ0) is 18.0. The van der Waals surface area contributed by atoms with E-state index in [9.17, 15) is 0 Å². The number of aliphatic imine (C=N–C) groups is 1. The van der Waals surface area contributed by atoms with E-state index in [0.717, 1.165) is 63.1 Å². The van der Waals surface area contributed by atoms with Crippen LogP contribution in [0, 0.1) is 12.3 Å². The molecule has 1 N–H and O–H groups in total. The van der Waals surface area contributed by atoms with Gasteiger partial charge in [0.2, 0.25) is 0 Å². The molecule has 2 aromatic rings. The number of guanidine groups is 1. The third-order valence-electron chi connectivity index (χ3n) is 5.62. The Labute approximate surface area is 155 Å². The van der Waals surface area contributed by atoms with Gasteiger partial charge in [-0.15, -0.1) is 0 Å². The van der Waals surface area contributed by atoms with E-state index >= 15 is 0 Å². The molecule has 0 aliphatic carbocycles. The number of fused-ring (bicyclic) bond motifs is 1. The fourth-order valence-electron chi connectivity index (χ4n) is 4.11. The highest BCUT2D eigenvalue weighted by atomic mass is 16.5. The van der Waals surface area contributed by atoms with Crippen molar-refractivity contribution in [1.29, 1.82) is 0 Å². The van der Waals surface area contributed by atoms with Gasteiger partial charge in [0.15, 0.2) is 5.96 Å². The number of aromatic nitrogens is 2. The van der Waals surface area contributed by atoms with E-state index in [1.54, 1.807) is 0 Å². The first-order valence-corrected chi connectivity index (χ1v) is 9.73. The summed E-state index contributed by atoms with van der Waals surface area (Å²) in [7, 11) is 0. The molecule has 140 valence electrons. The Morgan fingerprint density at radius 1 is 1.42 bits per heavy atom. The van der Waals surface area contributed by atoms with E-state index in [2.05, 4.69) is 53.0 Å². The van der Waals surface area contributed by atoms with E-state index < -0.39 is 0 Å². The Kier molecular flexibility index (Phi) is 4.85. The molecule has 0 saturated carbocycles. The summed E-state index contributed by atoms with van der Waals surface area (Å²) in [5.41, 5.74) is 3.70. The third-order valence-corrected chi connectivity index (χ3v) is 5.62. The summed E-state index contributed by atoms with van der Waals surface area (Å²) in [5, 5.41) is 3.46. The second-order valence-corrected chi connectivity index (χ2v) is 7.61. The minimum atomic E-state index is 0.356. The molecule has 0 radical (unpaired) electrons. The molecule has 6 heteroatoms. The maximum absolute atomic E-state index is 5.65. The lowest BCUT2D eigenvalue weighted by atomic mass is 9.87. The summed E-state index contributed by atoms with van der Waals surface area (Å²) in [5.74, 6) is 1.04. The Morgan fingerprint density at radius 2 is 2.35 bits per heavy atom. The van der Waals surface area contributed by atoms with Crippen LogP contribution in [-0.4, -0.2) is 59.6 Å². The highest BCUT2D eigenvalue weighted by Crippen LogP contribution is 2.38. The first-order valence-electron chi connectivity index (χ1n) is 9.73. The number of hydrogen-bond acceptors (Lipinski definition) is 3. The first kappa shape index (κ1) is 17.3. The summed E-state index contributed by atoms with van der Waals surface area (Å²) in [6, 6.07) is 4.16. The summed E-state index contributed by atoms with van der Waals surface area (Å²) in [6.45, 7) is 9.83. The van der Waals surface area contributed by atoms with Crippen molar-refractivity contribution in [3.63, 3.8) is 0 Å². The van der Waals surface area contributed by atoms with Crippen LogP contribution in [0.4, 0.5) is 0 Å². The standard InChI is InChI=1S/C20H29N5O/c1-3-21-19(25-11-7-20(14-25)8-12-26-15-20)22-9-6-17-13-24-10-4-5-16(2)18(24)23-17/h4-5,10,13H,3,6-9,11-12,14-15H2,1-2H3,(H,21,22). The van der Waals surface area contributed by atoms with E-state index in [1.165, 1.54) is 18.4 Å². The van der Waals surface area contributed by atoms with Gasteiger partial charge in [0.1, 0.15) is 5.65 Å². The SMILES string of the molecule is CCNC(=NCCc1cn2cccc(C)c2n1)N1CCC2(CCOC2)C1. The largest absolute Gasteiger partial charge is 0.381 e. The maximum atomic E-state index is 5.65. The lowest BCUT2D eigenvalue weighted by Gasteiger charge is -2.24. The number of pyridine rings is 1. The number of nitrogens with zero attached hydrogens (tertiary/aromatic N) is 4. The molecule has 0 aromatic carbocycles. The average molecular weight is 355 g/mol. The molecule has 1 spiro atoms. The number of aryl methyl sites for hydroxylation is 1. The fraction of sp³-hybridized carbons (Fsp3) is 0.600. The van der Waals surface area contributed by atoms with Crippen molar-refractivity contribution in [1.82, 2.24) is 19.6 Å². The van der Waals surface area contributed by atoms with E-state index in [1.807, 2.05) is 0 Å². The smallest absolute Gasteiger partial charge is 0.193 e. The van der Waals surface area contributed by atoms with Crippen molar-refractivity contribution in [2.45, 2.75) is 33.1 Å². The van der Waals surface area contributed by atoms with Gasteiger partial charge >= 0.3 is 0 Å². The summed E-state index contributed by atoms with van der Waals surface area (Å²) >= 11 is 0. The minimum Gasteiger partial charge on any atom is -0.381 e. The topological polar surface area (TPSA) is 54.2 Å². The molecule has 2 aliphatic rings. The van der Waals surface area contributed by atoms with Crippen molar-refractivity contribution in [3.8, 4) is 0 Å². The average Bonchev–Trinajstić information content (AvgIpc) is 3.36. The van der Waals surface area contributed by atoms with Gasteiger partial charge < -0.3 is 19.4 Å². The Hall–Kier alpha value is -2.08. The Balaban J connectivity index is 1.41. The van der Waals surface area contributed by atoms with Crippen LogP contribution in [0.3, 0.4) is 0 Å². The molecule has 0 bridgehead atoms. The van der Waals surface area contributed by atoms with Gasteiger partial charge in [-0.1, -0.05) is 6.07 Å². The Bertz CT molecular complexity index is 791. The van der Waals surface area contributed by atoms with Crippen LogP contribution in [0.1, 0.15) is 31.0 Å². The van der Waals surface area contributed by atoms with Gasteiger partial charge in [-0.25, -0.2) is 4.98 Å². The number of rotatable bonds is 4. The van der Waals surface area contributed by atoms with E-state index in [4.69, 9.17) is 14.7 Å². The lowest BCUT2D eigenvalue weighted by molar-refractivity contribution is 0.156. The van der Waals surface area contributed by atoms with Gasteiger partial charge in [-0.05, 0) is 38.3 Å². The highest BCUT2D eigenvalue weighted by molar-refractivity contribution is 5.80. The van der Waals surface area contributed by atoms with Gasteiger partial charge in [0, 0.05) is 57.0 Å². The normalized spacial score (nSPS) is 23.5. The number of imidazole rings is 1. The summed E-state index contributed by atoms with van der Waals surface area (Å²) in [4.78, 5) is 12.0. The zero-order valence-corrected chi connectivity index (χ0v) is 15.9. The van der Waals surface area contributed by atoms with E-state index in [-0.39, 0.29) is 0 Å². The third kappa shape index (κ3) is 3.43. The first-order chi connectivity index (χ1) is 12.7. The molecule has 4 rings (SSSR count). The fourth-order valence-corrected chi connectivity index (χ4v) is 4.11. The van der Waals surface area contributed by atoms with Gasteiger partial charge in [0.25, 0.3) is 0 Å². The van der Waals surface area contributed by atoms with Crippen LogP contribution in [0.15, 0.2) is 29.5 Å². The number of nitrogens with one attached hydrogen (secondary N) is 1. The summed E-state index contributed by atoms with van der Waals surface area (Å²) in [6.07, 6.45) is 7.43. The van der Waals surface area contributed by atoms with Crippen LogP contribution < -0.4 is 5.32 Å². The molecule has 0 amide bonds. The van der Waals surface area contributed by atoms with Crippen molar-refractivity contribution >= 4 is 11.6 Å². The molecule has 4 heterocycles. The predicted molar refractivity (Wildman–Crippen MR) is 104 cm³/mol. The molecule has 26 heavy (non-hydrogen) atoms. The number of likely N-dealkylation sites (tertiary alicyclic amines) is 1. The second-order valence-electron chi connectivity index (χ2n) is 7.61. The monoisotopic (exact) mass is 355 g/mol. The number of ether oxygens (including phenoxy) is 1. The van der Waals surface area contributed by atoms with Gasteiger partial charge in [0.05, 0.1) is 12.3 Å². The lowest BCUT2D eigenvalue weighted by Crippen LogP contribution is -2.41. The van der Waals surface area contributed by atoms with Crippen molar-refractivity contribution in [3.05, 3.63) is 35.8 Å². The zero-order valence-electron chi connectivity index (χ0n) is 15.9. The summed E-state index contributed by atoms with van der Waals surface area (Å²) < 4.78 is 7.75. The molecular formula is C20H29N5O. The minimum absolute atomic E-state index is 0.356. The van der Waals surface area contributed by atoms with Gasteiger partial charge in [-0.2, -0.15) is 0 Å². The predicted octanol–water partition coefficient (Wildman–Crippen LogP) is 2.26. The highest BCUT2D eigenvalue weighted by Gasteiger charge is 2.42. The van der Waals surface area contributed by atoms with Crippen LogP contribution in [0.2, 0.25) is 0 Å². The molecule has 2 aromatic heterocycles. The van der Waals surface area contributed by atoms with Crippen LogP contribution in [-0.2, 0) is 11.2 Å². The maximum Gasteiger partial charge on any atom is 0.193 e. The molecule has 2 fully saturated rings. The number of hydrogen-bond donors (Lipinski definition) is 1. The second kappa shape index (κ2) is 7.27. The van der Waals surface area contributed by atoms with E-state index in [0.29, 0.717) is 5.41 Å². The van der Waals surface area contributed by atoms with Crippen LogP contribution in [0.5, 0.6) is 0 Å². The van der Waals surface area contributed by atoms with Gasteiger partial charge in [-0.3, -0.25) is 4.99 Å². The van der Waals surface area contributed by atoms with Crippen LogP contribution in [0.25, 0.3) is 5.65 Å². The molecular weight excluding hydrogens is 326 g/mol. The van der Waals surface area contributed by atoms with Crippen LogP contribution >= 0.6 is 0 Å². The van der Waals surface area contributed by atoms with Crippen molar-refractivity contribution in [2.24, 2.45) is 10.4 Å². The van der Waals surface area contributed by atoms with Crippen molar-refractivity contribution < 1.29 is 4.74 Å². The molecule has 2 saturated heterocycles. The quantitative estimate of drug-likeness (QED) is 0.675. The molecule has 6 nitrogen and oxygen atoms in total.